The summed E-state index contributed by atoms with van der Waals surface area (Å²) in [6, 6.07) is 5.88. The molecular weight excluding hydrogens is 317 g/mol. The van der Waals surface area contributed by atoms with Gasteiger partial charge in [0, 0.05) is 5.70 Å². The van der Waals surface area contributed by atoms with E-state index in [0.717, 1.165) is 5.56 Å². The smallest absolute Gasteiger partial charge is 0.335 e. The maximum absolute atomic E-state index is 13.1. The molecule has 1 amide bonds. The molecule has 0 saturated carbocycles. The third kappa shape index (κ3) is 3.71. The molecule has 1 unspecified atom stereocenters. The average molecular weight is 333 g/mol. The minimum absolute atomic E-state index is 0.134. The van der Waals surface area contributed by atoms with Crippen molar-refractivity contribution in [2.75, 3.05) is 5.75 Å². The highest BCUT2D eigenvalue weighted by Gasteiger charge is 2.35. The van der Waals surface area contributed by atoms with Crippen LogP contribution in [0.15, 0.2) is 60.3 Å². The molecule has 6 heteroatoms. The normalized spacial score (nSPS) is 18.2. The third-order valence-corrected chi connectivity index (χ3v) is 4.52. The van der Waals surface area contributed by atoms with Gasteiger partial charge in [0.05, 0.1) is 11.3 Å². The molecule has 1 aromatic rings. The maximum atomic E-state index is 13.1. The summed E-state index contributed by atoms with van der Waals surface area (Å²) in [5.41, 5.74) is 1.58. The van der Waals surface area contributed by atoms with E-state index in [9.17, 15) is 14.0 Å². The van der Waals surface area contributed by atoms with Gasteiger partial charge in [-0.25, -0.2) is 9.18 Å². The van der Waals surface area contributed by atoms with E-state index < -0.39 is 5.97 Å². The molecule has 1 aliphatic rings. The summed E-state index contributed by atoms with van der Waals surface area (Å²) in [4.78, 5) is 24.8. The number of carboxylic acids is 1. The second-order valence-electron chi connectivity index (χ2n) is 5.12. The minimum atomic E-state index is -1.17. The van der Waals surface area contributed by atoms with Crippen LogP contribution in [0, 0.1) is 5.82 Å². The second-order valence-corrected chi connectivity index (χ2v) is 6.19. The highest BCUT2D eigenvalue weighted by Crippen LogP contribution is 2.42. The summed E-state index contributed by atoms with van der Waals surface area (Å²) in [7, 11) is 0. The van der Waals surface area contributed by atoms with Crippen LogP contribution in [0.5, 0.6) is 0 Å². The van der Waals surface area contributed by atoms with Crippen LogP contribution in [0.1, 0.15) is 17.9 Å². The van der Waals surface area contributed by atoms with Crippen molar-refractivity contribution in [1.82, 2.24) is 4.90 Å². The number of halogens is 1. The zero-order valence-electron chi connectivity index (χ0n) is 12.6. The summed E-state index contributed by atoms with van der Waals surface area (Å²) in [6.07, 6.45) is 1.34. The highest BCUT2D eigenvalue weighted by molar-refractivity contribution is 8.00. The van der Waals surface area contributed by atoms with Gasteiger partial charge in [-0.1, -0.05) is 25.3 Å². The molecule has 0 aromatic heterocycles. The van der Waals surface area contributed by atoms with Gasteiger partial charge in [-0.2, -0.15) is 0 Å². The van der Waals surface area contributed by atoms with E-state index in [-0.39, 0.29) is 28.4 Å². The van der Waals surface area contributed by atoms with E-state index in [2.05, 4.69) is 13.2 Å². The van der Waals surface area contributed by atoms with E-state index in [1.807, 2.05) is 0 Å². The van der Waals surface area contributed by atoms with E-state index in [1.54, 1.807) is 19.1 Å². The number of carbonyl (C=O) groups is 2. The van der Waals surface area contributed by atoms with Gasteiger partial charge in [0.2, 0.25) is 5.91 Å². The predicted molar refractivity (Wildman–Crippen MR) is 88.1 cm³/mol. The Morgan fingerprint density at radius 2 is 2.00 bits per heavy atom. The second kappa shape index (κ2) is 6.83. The molecule has 4 nitrogen and oxygen atoms in total. The average Bonchev–Trinajstić information content (AvgIpc) is 2.86. The number of amides is 1. The van der Waals surface area contributed by atoms with Gasteiger partial charge >= 0.3 is 5.97 Å². The van der Waals surface area contributed by atoms with Crippen molar-refractivity contribution in [3.05, 3.63) is 71.7 Å². The van der Waals surface area contributed by atoms with Crippen LogP contribution in [-0.2, 0) is 9.59 Å². The fourth-order valence-corrected chi connectivity index (χ4v) is 3.35. The Morgan fingerprint density at radius 1 is 1.39 bits per heavy atom. The fraction of sp³-hybridized carbons (Fsp3) is 0.176. The molecule has 0 aliphatic carbocycles. The summed E-state index contributed by atoms with van der Waals surface area (Å²) >= 11 is 1.39. The highest BCUT2D eigenvalue weighted by atomic mass is 32.2. The van der Waals surface area contributed by atoms with E-state index in [4.69, 9.17) is 5.11 Å². The first kappa shape index (κ1) is 17.0. The molecule has 2 rings (SSSR count). The third-order valence-electron chi connectivity index (χ3n) is 3.31. The lowest BCUT2D eigenvalue weighted by Crippen LogP contribution is -2.28. The number of carbonyl (C=O) groups excluding carboxylic acids is 1. The number of carboxylic acid groups (broad SMARTS) is 1. The van der Waals surface area contributed by atoms with Crippen molar-refractivity contribution in [2.45, 2.75) is 12.3 Å². The van der Waals surface area contributed by atoms with Crippen molar-refractivity contribution in [2.24, 2.45) is 0 Å². The largest absolute Gasteiger partial charge is 0.478 e. The van der Waals surface area contributed by atoms with Gasteiger partial charge in [-0.3, -0.25) is 9.69 Å². The molecule has 1 aromatic carbocycles. The van der Waals surface area contributed by atoms with Gasteiger partial charge in [-0.15, -0.1) is 11.8 Å². The Balaban J connectivity index is 2.44. The number of rotatable bonds is 5. The molecule has 120 valence electrons. The van der Waals surface area contributed by atoms with Crippen molar-refractivity contribution in [1.29, 1.82) is 0 Å². The molecule has 1 N–H and O–H groups in total. The van der Waals surface area contributed by atoms with Gasteiger partial charge in [-0.05, 0) is 36.3 Å². The molecule has 0 spiro atoms. The molecule has 0 radical (unpaired) electrons. The molecular formula is C17H16FNO3S. The monoisotopic (exact) mass is 333 g/mol. The zero-order valence-corrected chi connectivity index (χ0v) is 13.4. The Morgan fingerprint density at radius 3 is 2.52 bits per heavy atom. The summed E-state index contributed by atoms with van der Waals surface area (Å²) in [5.74, 6) is -1.42. The fourth-order valence-electron chi connectivity index (χ4n) is 2.18. The number of nitrogens with zero attached hydrogens (tertiary/aromatic N) is 1. The number of hydrogen-bond acceptors (Lipinski definition) is 3. The van der Waals surface area contributed by atoms with Crippen LogP contribution in [0.4, 0.5) is 4.39 Å². The van der Waals surface area contributed by atoms with Crippen LogP contribution in [-0.4, -0.2) is 27.6 Å². The zero-order chi connectivity index (χ0) is 17.1. The Bertz CT molecular complexity index is 709. The number of hydrogen-bond donors (Lipinski definition) is 1. The van der Waals surface area contributed by atoms with Crippen molar-refractivity contribution in [3.8, 4) is 0 Å². The van der Waals surface area contributed by atoms with Crippen molar-refractivity contribution < 1.29 is 19.1 Å². The standard InChI is InChI=1S/C17H16FNO3S/c1-10(2)14(8-11(3)17(21)22)19-15(20)9-23-16(19)12-4-6-13(18)7-5-12/h4-8,16H,1,3,9H2,2H3,(H,21,22)/b14-8+. The first-order valence-corrected chi connectivity index (χ1v) is 7.85. The summed E-state index contributed by atoms with van der Waals surface area (Å²) < 4.78 is 13.1. The summed E-state index contributed by atoms with van der Waals surface area (Å²) in [5, 5.41) is 8.66. The van der Waals surface area contributed by atoms with Gasteiger partial charge < -0.3 is 5.11 Å². The van der Waals surface area contributed by atoms with E-state index in [1.165, 1.54) is 34.9 Å². The van der Waals surface area contributed by atoms with Crippen LogP contribution in [0.2, 0.25) is 0 Å². The molecule has 23 heavy (non-hydrogen) atoms. The predicted octanol–water partition coefficient (Wildman–Crippen LogP) is 3.50. The molecule has 1 atom stereocenters. The molecule has 1 saturated heterocycles. The lowest BCUT2D eigenvalue weighted by molar-refractivity contribution is -0.132. The summed E-state index contributed by atoms with van der Waals surface area (Å²) in [6.45, 7) is 8.99. The van der Waals surface area contributed by atoms with Crippen LogP contribution in [0.3, 0.4) is 0 Å². The van der Waals surface area contributed by atoms with Crippen LogP contribution >= 0.6 is 11.8 Å². The van der Waals surface area contributed by atoms with Crippen molar-refractivity contribution in [3.63, 3.8) is 0 Å². The molecule has 1 aliphatic heterocycles. The number of aliphatic carboxylic acids is 1. The number of thioether (sulfide) groups is 1. The van der Waals surface area contributed by atoms with Crippen LogP contribution in [0.25, 0.3) is 0 Å². The van der Waals surface area contributed by atoms with Gasteiger partial charge in [0.15, 0.2) is 0 Å². The van der Waals surface area contributed by atoms with Crippen molar-refractivity contribution >= 4 is 23.6 Å². The molecule has 1 heterocycles. The number of benzene rings is 1. The topological polar surface area (TPSA) is 57.6 Å². The van der Waals surface area contributed by atoms with Gasteiger partial charge in [0.1, 0.15) is 11.2 Å². The Kier molecular flexibility index (Phi) is 5.05. The van der Waals surface area contributed by atoms with Crippen LogP contribution < -0.4 is 0 Å². The Labute approximate surface area is 138 Å². The van der Waals surface area contributed by atoms with E-state index in [0.29, 0.717) is 11.3 Å². The number of allylic oxidation sites excluding steroid dienone is 1. The van der Waals surface area contributed by atoms with Gasteiger partial charge in [0.25, 0.3) is 0 Å². The maximum Gasteiger partial charge on any atom is 0.335 e. The quantitative estimate of drug-likeness (QED) is 0.662. The first-order chi connectivity index (χ1) is 10.8. The molecule has 1 fully saturated rings. The molecule has 0 bridgehead atoms. The Hall–Kier alpha value is -2.34. The lowest BCUT2D eigenvalue weighted by atomic mass is 10.1. The SMILES string of the molecule is C=C(/C=C(\C(=C)C)N1C(=O)CSC1c1ccc(F)cc1)C(=O)O. The van der Waals surface area contributed by atoms with E-state index >= 15 is 0 Å². The minimum Gasteiger partial charge on any atom is -0.478 e. The lowest BCUT2D eigenvalue weighted by Gasteiger charge is -2.27. The first-order valence-electron chi connectivity index (χ1n) is 6.80.